The van der Waals surface area contributed by atoms with E-state index in [1.807, 2.05) is 0 Å². The number of aromatic nitrogens is 2. The van der Waals surface area contributed by atoms with E-state index >= 15 is 0 Å². The van der Waals surface area contributed by atoms with E-state index < -0.39 is 5.76 Å². The summed E-state index contributed by atoms with van der Waals surface area (Å²) >= 11 is 7.18. The van der Waals surface area contributed by atoms with Crippen LogP contribution in [-0.2, 0) is 11.3 Å². The fourth-order valence-electron chi connectivity index (χ4n) is 1.93. The lowest BCUT2D eigenvalue weighted by molar-refractivity contribution is -0.116. The number of rotatable bonds is 4. The van der Waals surface area contributed by atoms with Crippen LogP contribution in [0.3, 0.4) is 0 Å². The molecular weight excluding hydrogens is 314 g/mol. The average molecular weight is 324 g/mol. The summed E-state index contributed by atoms with van der Waals surface area (Å²) in [5.74, 6) is -0.713. The highest BCUT2D eigenvalue weighted by molar-refractivity contribution is 7.13. The Bertz CT molecular complexity index is 838. The van der Waals surface area contributed by atoms with Gasteiger partial charge in [0, 0.05) is 35.6 Å². The zero-order chi connectivity index (χ0) is 14.8. The number of anilines is 1. The lowest BCUT2D eigenvalue weighted by Gasteiger charge is -2.03. The third kappa shape index (κ3) is 2.98. The molecule has 0 atom stereocenters. The molecule has 0 unspecified atom stereocenters. The number of nitrogens with one attached hydrogen (secondary N) is 1. The van der Waals surface area contributed by atoms with Crippen molar-refractivity contribution in [2.75, 3.05) is 5.32 Å². The topological polar surface area (TPSA) is 77.1 Å². The number of hydrogen-bond acceptors (Lipinski definition) is 5. The van der Waals surface area contributed by atoms with Gasteiger partial charge in [0.05, 0.1) is 5.52 Å². The van der Waals surface area contributed by atoms with E-state index in [2.05, 4.69) is 10.3 Å². The molecule has 2 aromatic heterocycles. The molecule has 3 aromatic rings. The molecule has 3 rings (SSSR count). The number of hydrogen-bond donors (Lipinski definition) is 1. The van der Waals surface area contributed by atoms with Crippen molar-refractivity contribution in [3.63, 3.8) is 0 Å². The Labute approximate surface area is 128 Å². The van der Waals surface area contributed by atoms with Crippen LogP contribution >= 0.6 is 22.9 Å². The molecule has 0 aliphatic carbocycles. The van der Waals surface area contributed by atoms with Gasteiger partial charge in [0.25, 0.3) is 0 Å². The number of fused-ring (bicyclic) bond motifs is 1. The maximum absolute atomic E-state index is 11.8. The largest absolute Gasteiger partial charge is 0.419 e. The van der Waals surface area contributed by atoms with Gasteiger partial charge in [-0.25, -0.2) is 9.78 Å². The van der Waals surface area contributed by atoms with E-state index in [4.69, 9.17) is 16.0 Å². The smallest absolute Gasteiger partial charge is 0.408 e. The predicted molar refractivity (Wildman–Crippen MR) is 80.8 cm³/mol. The van der Waals surface area contributed by atoms with Gasteiger partial charge >= 0.3 is 5.76 Å². The Kier molecular flexibility index (Phi) is 3.76. The molecule has 0 bridgehead atoms. The average Bonchev–Trinajstić information content (AvgIpc) is 3.03. The molecule has 0 saturated carbocycles. The van der Waals surface area contributed by atoms with Crippen molar-refractivity contribution in [2.45, 2.75) is 13.0 Å². The molecular formula is C13H10ClN3O3S. The number of thiazole rings is 1. The zero-order valence-electron chi connectivity index (χ0n) is 10.7. The third-order valence-electron chi connectivity index (χ3n) is 2.87. The minimum atomic E-state index is -0.505. The van der Waals surface area contributed by atoms with Gasteiger partial charge in [0.15, 0.2) is 10.7 Å². The highest BCUT2D eigenvalue weighted by atomic mass is 35.5. The molecule has 108 valence electrons. The van der Waals surface area contributed by atoms with Gasteiger partial charge in [-0.05, 0) is 12.1 Å². The second-order valence-corrected chi connectivity index (χ2v) is 5.60. The Morgan fingerprint density at radius 3 is 3.10 bits per heavy atom. The highest BCUT2D eigenvalue weighted by Gasteiger charge is 2.11. The van der Waals surface area contributed by atoms with Crippen LogP contribution in [0.1, 0.15) is 6.42 Å². The number of amides is 1. The number of aryl methyl sites for hydroxylation is 1. The summed E-state index contributed by atoms with van der Waals surface area (Å²) in [6.45, 7) is 0.227. The van der Waals surface area contributed by atoms with Crippen molar-refractivity contribution in [3.8, 4) is 0 Å². The van der Waals surface area contributed by atoms with E-state index in [0.717, 1.165) is 0 Å². The molecule has 2 heterocycles. The molecule has 8 heteroatoms. The molecule has 0 aliphatic heterocycles. The van der Waals surface area contributed by atoms with Crippen LogP contribution in [0.5, 0.6) is 0 Å². The van der Waals surface area contributed by atoms with E-state index in [0.29, 0.717) is 21.3 Å². The minimum absolute atomic E-state index is 0.150. The molecule has 0 aliphatic rings. The van der Waals surface area contributed by atoms with Crippen LogP contribution < -0.4 is 11.1 Å². The standard InChI is InChI=1S/C13H10ClN3O3S/c14-8-1-2-9-10(7-8)20-13(19)17(9)5-3-11(18)16-12-15-4-6-21-12/h1-2,4,6-7H,3,5H2,(H,15,16,18). The molecule has 1 amide bonds. The van der Waals surface area contributed by atoms with Crippen LogP contribution in [0.15, 0.2) is 39.0 Å². The van der Waals surface area contributed by atoms with E-state index in [-0.39, 0.29) is 18.9 Å². The molecule has 1 N–H and O–H groups in total. The normalized spacial score (nSPS) is 10.9. The Morgan fingerprint density at radius 2 is 2.33 bits per heavy atom. The molecule has 21 heavy (non-hydrogen) atoms. The van der Waals surface area contributed by atoms with Gasteiger partial charge in [0.1, 0.15) is 0 Å². The first-order chi connectivity index (χ1) is 10.1. The van der Waals surface area contributed by atoms with E-state index in [9.17, 15) is 9.59 Å². The van der Waals surface area contributed by atoms with Crippen LogP contribution in [0.4, 0.5) is 5.13 Å². The van der Waals surface area contributed by atoms with Crippen LogP contribution in [-0.4, -0.2) is 15.5 Å². The summed E-state index contributed by atoms with van der Waals surface area (Å²) in [6.07, 6.45) is 1.76. The predicted octanol–water partition coefficient (Wildman–Crippen LogP) is 2.73. The number of nitrogens with zero attached hydrogens (tertiary/aromatic N) is 2. The van der Waals surface area contributed by atoms with Crippen LogP contribution in [0.25, 0.3) is 11.1 Å². The second kappa shape index (κ2) is 5.71. The third-order valence-corrected chi connectivity index (χ3v) is 3.80. The van der Waals surface area contributed by atoms with Crippen molar-refractivity contribution in [1.29, 1.82) is 0 Å². The lowest BCUT2D eigenvalue weighted by atomic mass is 10.3. The van der Waals surface area contributed by atoms with Gasteiger partial charge in [-0.3, -0.25) is 9.36 Å². The summed E-state index contributed by atoms with van der Waals surface area (Å²) in [7, 11) is 0. The zero-order valence-corrected chi connectivity index (χ0v) is 12.3. The summed E-state index contributed by atoms with van der Waals surface area (Å²) in [5.41, 5.74) is 1.03. The number of benzene rings is 1. The molecule has 0 radical (unpaired) electrons. The SMILES string of the molecule is O=C(CCn1c(=O)oc2cc(Cl)ccc21)Nc1nccs1. The summed E-state index contributed by atoms with van der Waals surface area (Å²) in [6, 6.07) is 4.94. The quantitative estimate of drug-likeness (QED) is 0.801. The molecule has 0 saturated heterocycles. The van der Waals surface area contributed by atoms with E-state index in [1.165, 1.54) is 15.9 Å². The highest BCUT2D eigenvalue weighted by Crippen LogP contribution is 2.18. The fraction of sp³-hybridized carbons (Fsp3) is 0.154. The van der Waals surface area contributed by atoms with E-state index in [1.54, 1.807) is 29.8 Å². The summed E-state index contributed by atoms with van der Waals surface area (Å²) in [4.78, 5) is 27.5. The first-order valence-corrected chi connectivity index (χ1v) is 7.37. The monoisotopic (exact) mass is 323 g/mol. The minimum Gasteiger partial charge on any atom is -0.408 e. The number of oxazole rings is 1. The Hall–Kier alpha value is -2.12. The van der Waals surface area contributed by atoms with Gasteiger partial charge in [-0.2, -0.15) is 0 Å². The van der Waals surface area contributed by atoms with Crippen molar-refractivity contribution >= 4 is 45.1 Å². The fourth-order valence-corrected chi connectivity index (χ4v) is 2.64. The Morgan fingerprint density at radius 1 is 1.48 bits per heavy atom. The van der Waals surface area contributed by atoms with Crippen LogP contribution in [0, 0.1) is 0 Å². The number of carbonyl (C=O) groups is 1. The molecule has 0 fully saturated rings. The van der Waals surface area contributed by atoms with Gasteiger partial charge in [-0.1, -0.05) is 11.6 Å². The van der Waals surface area contributed by atoms with Gasteiger partial charge in [0.2, 0.25) is 5.91 Å². The lowest BCUT2D eigenvalue weighted by Crippen LogP contribution is -2.19. The maximum Gasteiger partial charge on any atom is 0.419 e. The van der Waals surface area contributed by atoms with Gasteiger partial charge in [-0.15, -0.1) is 11.3 Å². The maximum atomic E-state index is 11.8. The second-order valence-electron chi connectivity index (χ2n) is 4.27. The Balaban J connectivity index is 1.74. The van der Waals surface area contributed by atoms with Gasteiger partial charge < -0.3 is 9.73 Å². The first kappa shape index (κ1) is 13.8. The van der Waals surface area contributed by atoms with Crippen molar-refractivity contribution < 1.29 is 9.21 Å². The first-order valence-electron chi connectivity index (χ1n) is 6.12. The summed E-state index contributed by atoms with van der Waals surface area (Å²) < 4.78 is 6.51. The van der Waals surface area contributed by atoms with Crippen LogP contribution in [0.2, 0.25) is 5.02 Å². The number of halogens is 1. The number of carbonyl (C=O) groups excluding carboxylic acids is 1. The summed E-state index contributed by atoms with van der Waals surface area (Å²) in [5, 5.41) is 5.46. The van der Waals surface area contributed by atoms with Crippen molar-refractivity contribution in [3.05, 3.63) is 45.3 Å². The van der Waals surface area contributed by atoms with Crippen molar-refractivity contribution in [2.24, 2.45) is 0 Å². The molecule has 0 spiro atoms. The molecule has 1 aromatic carbocycles. The van der Waals surface area contributed by atoms with Crippen molar-refractivity contribution in [1.82, 2.24) is 9.55 Å². The molecule has 6 nitrogen and oxygen atoms in total.